The maximum Gasteiger partial charge on any atom is 0.334 e. The first kappa shape index (κ1) is 24.3. The minimum Gasteiger partial charge on any atom is -0.478 e. The van der Waals surface area contributed by atoms with Crippen molar-refractivity contribution in [2.45, 2.75) is 32.4 Å². The smallest absolute Gasteiger partial charge is 0.334 e. The number of rotatable bonds is 10. The molecular formula is C24H26N2O6. The molecule has 168 valence electrons. The molecule has 0 saturated heterocycles. The molecule has 0 aromatic heterocycles. The lowest BCUT2D eigenvalue weighted by molar-refractivity contribution is -0.141. The molecule has 2 rings (SSSR count). The highest BCUT2D eigenvalue weighted by molar-refractivity contribution is 5.96. The number of carbonyl (C=O) groups is 4. The van der Waals surface area contributed by atoms with E-state index in [2.05, 4.69) is 10.6 Å². The fraction of sp³-hybridized carbons (Fsp3) is 0.250. The number of hydrogen-bond donors (Lipinski definition) is 3. The molecule has 3 N–H and O–H groups in total. The summed E-state index contributed by atoms with van der Waals surface area (Å²) in [6.07, 6.45) is 0.695. The molecule has 0 heterocycles. The molecule has 32 heavy (non-hydrogen) atoms. The number of aliphatic carboxylic acids is 1. The number of esters is 1. The van der Waals surface area contributed by atoms with Crippen LogP contribution in [0.25, 0.3) is 0 Å². The summed E-state index contributed by atoms with van der Waals surface area (Å²) >= 11 is 0. The molecule has 0 aliphatic rings. The van der Waals surface area contributed by atoms with Crippen molar-refractivity contribution in [2.24, 2.45) is 0 Å². The van der Waals surface area contributed by atoms with Gasteiger partial charge in [-0.25, -0.2) is 9.59 Å². The van der Waals surface area contributed by atoms with E-state index in [-0.39, 0.29) is 30.4 Å². The topological polar surface area (TPSA) is 122 Å². The number of carboxylic acids is 1. The molecule has 0 radical (unpaired) electrons. The predicted molar refractivity (Wildman–Crippen MR) is 117 cm³/mol. The van der Waals surface area contributed by atoms with Gasteiger partial charge in [0.15, 0.2) is 0 Å². The summed E-state index contributed by atoms with van der Waals surface area (Å²) < 4.78 is 5.37. The van der Waals surface area contributed by atoms with E-state index >= 15 is 0 Å². The van der Waals surface area contributed by atoms with Gasteiger partial charge in [-0.15, -0.1) is 0 Å². The third kappa shape index (κ3) is 8.06. The molecule has 0 bridgehead atoms. The van der Waals surface area contributed by atoms with Crippen LogP contribution in [0.2, 0.25) is 0 Å². The van der Waals surface area contributed by atoms with E-state index in [0.29, 0.717) is 5.56 Å². The first-order chi connectivity index (χ1) is 15.3. The zero-order valence-electron chi connectivity index (χ0n) is 17.9. The molecule has 0 saturated carbocycles. The third-order valence-electron chi connectivity index (χ3n) is 4.52. The summed E-state index contributed by atoms with van der Waals surface area (Å²) in [5.41, 5.74) is 1.33. The average molecular weight is 438 g/mol. The molecule has 2 atom stereocenters. The van der Waals surface area contributed by atoms with Crippen molar-refractivity contribution in [3.63, 3.8) is 0 Å². The average Bonchev–Trinajstić information content (AvgIpc) is 2.75. The highest BCUT2D eigenvalue weighted by Crippen LogP contribution is 2.23. The molecule has 0 aliphatic heterocycles. The minimum absolute atomic E-state index is 0.0785. The van der Waals surface area contributed by atoms with Crippen LogP contribution in [0.1, 0.15) is 43.5 Å². The van der Waals surface area contributed by atoms with Gasteiger partial charge < -0.3 is 20.5 Å². The Labute approximate surface area is 186 Å². The van der Waals surface area contributed by atoms with E-state index in [4.69, 9.17) is 4.74 Å². The second kappa shape index (κ2) is 12.0. The van der Waals surface area contributed by atoms with Gasteiger partial charge in [0.05, 0.1) is 12.1 Å². The summed E-state index contributed by atoms with van der Waals surface area (Å²) in [5, 5.41) is 14.7. The van der Waals surface area contributed by atoms with Crippen LogP contribution in [0.15, 0.2) is 72.3 Å². The van der Waals surface area contributed by atoms with Gasteiger partial charge >= 0.3 is 11.9 Å². The number of amides is 2. The lowest BCUT2D eigenvalue weighted by Gasteiger charge is -2.21. The van der Waals surface area contributed by atoms with Gasteiger partial charge in [0.1, 0.15) is 6.61 Å². The normalized spacial score (nSPS) is 12.9. The summed E-state index contributed by atoms with van der Waals surface area (Å²) in [7, 11) is 0. The van der Waals surface area contributed by atoms with Crippen LogP contribution < -0.4 is 10.6 Å². The Kier molecular flexibility index (Phi) is 9.16. The summed E-state index contributed by atoms with van der Waals surface area (Å²) in [4.78, 5) is 47.4. The number of ether oxygens (including phenoxy) is 1. The number of carboxylic acid groups (broad SMARTS) is 1. The largest absolute Gasteiger partial charge is 0.478 e. The van der Waals surface area contributed by atoms with Gasteiger partial charge in [0, 0.05) is 31.9 Å². The van der Waals surface area contributed by atoms with E-state index < -0.39 is 24.0 Å². The highest BCUT2D eigenvalue weighted by atomic mass is 16.5. The SMILES string of the molecule is CC(=O)N[C@@H](CC(=CC(=O)O)C(=O)OC[C@@H](NC(C)=O)c1ccccc1)c1ccccc1. The standard InChI is InChI=1S/C24H26N2O6/c1-16(27)25-21(18-9-5-3-6-10-18)13-20(14-23(29)30)24(31)32-15-22(26-17(2)28)19-11-7-4-8-12-19/h3-12,14,21-22H,13,15H2,1-2H3,(H,25,27)(H,26,28)(H,29,30)/t21-,22+/m0/s1. The van der Waals surface area contributed by atoms with E-state index in [1.165, 1.54) is 13.8 Å². The second-order valence-electron chi connectivity index (χ2n) is 7.14. The Morgan fingerprint density at radius 3 is 1.78 bits per heavy atom. The van der Waals surface area contributed by atoms with Crippen LogP contribution in [0.4, 0.5) is 0 Å². The fourth-order valence-electron chi connectivity index (χ4n) is 3.16. The Hall–Kier alpha value is -3.94. The summed E-state index contributed by atoms with van der Waals surface area (Å²) in [6, 6.07) is 16.7. The Morgan fingerprint density at radius 1 is 0.844 bits per heavy atom. The van der Waals surface area contributed by atoms with E-state index in [0.717, 1.165) is 11.6 Å². The van der Waals surface area contributed by atoms with E-state index in [9.17, 15) is 24.3 Å². The fourth-order valence-corrected chi connectivity index (χ4v) is 3.16. The highest BCUT2D eigenvalue weighted by Gasteiger charge is 2.23. The molecule has 8 nitrogen and oxygen atoms in total. The van der Waals surface area contributed by atoms with Crippen molar-refractivity contribution in [1.82, 2.24) is 10.6 Å². The Balaban J connectivity index is 2.20. The number of carbonyl (C=O) groups excluding carboxylic acids is 3. The molecule has 0 fully saturated rings. The molecular weight excluding hydrogens is 412 g/mol. The van der Waals surface area contributed by atoms with Crippen molar-refractivity contribution >= 4 is 23.8 Å². The van der Waals surface area contributed by atoms with Crippen LogP contribution in [0, 0.1) is 0 Å². The van der Waals surface area contributed by atoms with Crippen molar-refractivity contribution in [2.75, 3.05) is 6.61 Å². The molecule has 2 aromatic rings. The number of hydrogen-bond acceptors (Lipinski definition) is 5. The molecule has 0 aliphatic carbocycles. The van der Waals surface area contributed by atoms with Gasteiger partial charge in [0.25, 0.3) is 0 Å². The van der Waals surface area contributed by atoms with Crippen molar-refractivity contribution in [3.05, 3.63) is 83.4 Å². The third-order valence-corrected chi connectivity index (χ3v) is 4.52. The summed E-state index contributed by atoms with van der Waals surface area (Å²) in [5.74, 6) is -2.78. The lowest BCUT2D eigenvalue weighted by Crippen LogP contribution is -2.31. The monoisotopic (exact) mass is 438 g/mol. The van der Waals surface area contributed by atoms with Crippen molar-refractivity contribution < 1.29 is 29.0 Å². The maximum absolute atomic E-state index is 12.8. The van der Waals surface area contributed by atoms with Crippen LogP contribution in [-0.4, -0.2) is 35.5 Å². The van der Waals surface area contributed by atoms with Crippen molar-refractivity contribution in [3.8, 4) is 0 Å². The van der Waals surface area contributed by atoms with Crippen molar-refractivity contribution in [1.29, 1.82) is 0 Å². The quantitative estimate of drug-likeness (QED) is 0.387. The molecule has 0 spiro atoms. The Morgan fingerprint density at radius 2 is 1.31 bits per heavy atom. The molecule has 8 heteroatoms. The zero-order valence-corrected chi connectivity index (χ0v) is 17.9. The molecule has 2 amide bonds. The summed E-state index contributed by atoms with van der Waals surface area (Å²) in [6.45, 7) is 2.51. The van der Waals surface area contributed by atoms with Gasteiger partial charge in [0.2, 0.25) is 11.8 Å². The van der Waals surface area contributed by atoms with Crippen LogP contribution in [0.3, 0.4) is 0 Å². The predicted octanol–water partition coefficient (Wildman–Crippen LogP) is 2.69. The van der Waals surface area contributed by atoms with Crippen LogP contribution >= 0.6 is 0 Å². The van der Waals surface area contributed by atoms with E-state index in [1.807, 2.05) is 12.1 Å². The molecule has 0 unspecified atom stereocenters. The van der Waals surface area contributed by atoms with Gasteiger partial charge in [-0.05, 0) is 11.1 Å². The van der Waals surface area contributed by atoms with Gasteiger partial charge in [-0.2, -0.15) is 0 Å². The van der Waals surface area contributed by atoms with Gasteiger partial charge in [-0.3, -0.25) is 9.59 Å². The lowest BCUT2D eigenvalue weighted by atomic mass is 9.98. The second-order valence-corrected chi connectivity index (χ2v) is 7.14. The first-order valence-corrected chi connectivity index (χ1v) is 10.0. The molecule has 2 aromatic carbocycles. The Bertz CT molecular complexity index is 972. The van der Waals surface area contributed by atoms with Crippen LogP contribution in [-0.2, 0) is 23.9 Å². The number of benzene rings is 2. The van der Waals surface area contributed by atoms with Crippen LogP contribution in [0.5, 0.6) is 0 Å². The minimum atomic E-state index is -1.31. The maximum atomic E-state index is 12.8. The van der Waals surface area contributed by atoms with E-state index in [1.54, 1.807) is 48.5 Å². The zero-order chi connectivity index (χ0) is 23.5. The van der Waals surface area contributed by atoms with Gasteiger partial charge in [-0.1, -0.05) is 60.7 Å². The first-order valence-electron chi connectivity index (χ1n) is 10.0. The number of nitrogens with one attached hydrogen (secondary N) is 2.